The number of fused-ring (bicyclic) bond motifs is 6. The average Bonchev–Trinajstić information content (AvgIpc) is 3.92. The van der Waals surface area contributed by atoms with Crippen LogP contribution in [-0.4, -0.2) is 24.1 Å². The van der Waals surface area contributed by atoms with Crippen molar-refractivity contribution in [3.05, 3.63) is 229 Å². The molecule has 12 aromatic rings. The Labute approximate surface area is 391 Å². The summed E-state index contributed by atoms with van der Waals surface area (Å²) in [7, 11) is 0. The molecule has 12 rings (SSSR count). The van der Waals surface area contributed by atoms with Gasteiger partial charge >= 0.3 is 0 Å². The van der Waals surface area contributed by atoms with Gasteiger partial charge in [-0.1, -0.05) is 127 Å². The van der Waals surface area contributed by atoms with E-state index in [-0.39, 0.29) is 0 Å². The summed E-state index contributed by atoms with van der Waals surface area (Å²) in [5, 5.41) is 24.0. The highest BCUT2D eigenvalue weighted by Crippen LogP contribution is 2.44. The fourth-order valence-electron chi connectivity index (χ4n) is 9.51. The van der Waals surface area contributed by atoms with Crippen LogP contribution in [0.3, 0.4) is 0 Å². The first-order valence-corrected chi connectivity index (χ1v) is 22.1. The lowest BCUT2D eigenvalue weighted by atomic mass is 9.94. The summed E-state index contributed by atoms with van der Waals surface area (Å²) in [6.07, 6.45) is 0. The van der Waals surface area contributed by atoms with Gasteiger partial charge in [0.2, 0.25) is 0 Å². The third-order valence-corrected chi connectivity index (χ3v) is 12.6. The fraction of sp³-hybridized carbons (Fsp3) is 0. The summed E-state index contributed by atoms with van der Waals surface area (Å²) in [6, 6.07) is 73.5. The smallest absolute Gasteiger partial charge is 0.188 e. The van der Waals surface area contributed by atoms with Gasteiger partial charge in [0.25, 0.3) is 0 Å². The molecular weight excluding hydrogens is 833 g/mol. The molecule has 8 nitrogen and oxygen atoms in total. The predicted molar refractivity (Wildman–Crippen MR) is 271 cm³/mol. The van der Waals surface area contributed by atoms with Crippen molar-refractivity contribution in [1.82, 2.24) is 24.1 Å². The molecule has 3 heterocycles. The summed E-state index contributed by atoms with van der Waals surface area (Å²) >= 11 is 0. The number of nitrogens with zero attached hydrogens (tertiary/aromatic N) is 8. The van der Waals surface area contributed by atoms with Crippen molar-refractivity contribution < 1.29 is 0 Å². The normalized spacial score (nSPS) is 11.2. The number of nitriles is 2. The fourth-order valence-corrected chi connectivity index (χ4v) is 9.51. The van der Waals surface area contributed by atoms with Crippen molar-refractivity contribution in [3.63, 3.8) is 0 Å². The van der Waals surface area contributed by atoms with Crippen LogP contribution in [0.25, 0.3) is 116 Å². The lowest BCUT2D eigenvalue weighted by Gasteiger charge is -2.21. The molecule has 0 bridgehead atoms. The Hall–Kier alpha value is -9.94. The predicted octanol–water partition coefficient (Wildman–Crippen LogP) is 14.7. The molecule has 0 aliphatic heterocycles. The van der Waals surface area contributed by atoms with Gasteiger partial charge in [-0.2, -0.15) is 10.5 Å². The molecule has 3 aromatic heterocycles. The van der Waals surface area contributed by atoms with Gasteiger partial charge in [-0.25, -0.2) is 19.8 Å². The van der Waals surface area contributed by atoms with Crippen molar-refractivity contribution in [2.75, 3.05) is 0 Å². The lowest BCUT2D eigenvalue weighted by molar-refractivity contribution is 1.07. The minimum absolute atomic E-state index is 0.515. The van der Waals surface area contributed by atoms with E-state index in [0.717, 1.165) is 93.9 Å². The van der Waals surface area contributed by atoms with E-state index >= 15 is 0 Å². The summed E-state index contributed by atoms with van der Waals surface area (Å²) in [6.45, 7) is 7.91. The van der Waals surface area contributed by atoms with Crippen LogP contribution < -0.4 is 0 Å². The molecule has 314 valence electrons. The molecule has 9 aromatic carbocycles. The van der Waals surface area contributed by atoms with E-state index < -0.39 is 0 Å². The molecule has 0 saturated heterocycles. The van der Waals surface area contributed by atoms with Crippen molar-refractivity contribution in [2.24, 2.45) is 0 Å². The first kappa shape index (κ1) is 39.6. The topological polar surface area (TPSA) is 100 Å². The van der Waals surface area contributed by atoms with E-state index in [0.29, 0.717) is 34.3 Å². The molecular formula is C60H34N8. The Morgan fingerprint density at radius 1 is 0.368 bits per heavy atom. The van der Waals surface area contributed by atoms with Gasteiger partial charge in [-0.3, -0.25) is 0 Å². The third kappa shape index (κ3) is 6.63. The average molecular weight is 867 g/mol. The molecule has 8 heteroatoms. The molecule has 0 spiro atoms. The first-order chi connectivity index (χ1) is 33.6. The largest absolute Gasteiger partial charge is 0.309 e. The second-order valence-electron chi connectivity index (χ2n) is 16.6. The highest BCUT2D eigenvalue weighted by atomic mass is 15.0. The summed E-state index contributed by atoms with van der Waals surface area (Å²) < 4.78 is 4.57. The second-order valence-corrected chi connectivity index (χ2v) is 16.6. The standard InChI is InChI=1S/C60H34N8/c1-63-45-26-30-56-51(35-45)47-20-9-11-22-53(47)68(56)57-34-43(42-18-12-13-38(31-42)36-61)24-27-48(57)50-33-44(60-65-58(40-14-4-2-5-15-40)64-59(66-60)41-16-6-3-7-17-41)25-29-55(50)67-52-21-10-8-19-46(52)49-32-39(37-62)23-28-54(49)67/h2-35H. The number of aromatic nitrogens is 5. The van der Waals surface area contributed by atoms with Crippen molar-refractivity contribution in [1.29, 1.82) is 10.5 Å². The number of hydrogen-bond donors (Lipinski definition) is 0. The molecule has 0 atom stereocenters. The maximum absolute atomic E-state index is 10.0. The van der Waals surface area contributed by atoms with E-state index in [4.69, 9.17) is 21.5 Å². The highest BCUT2D eigenvalue weighted by Gasteiger charge is 2.23. The summed E-state index contributed by atoms with van der Waals surface area (Å²) in [5.41, 5.74) is 13.6. The van der Waals surface area contributed by atoms with Crippen molar-refractivity contribution in [2.45, 2.75) is 0 Å². The quantitative estimate of drug-likeness (QED) is 0.149. The highest BCUT2D eigenvalue weighted by molar-refractivity contribution is 6.12. The Morgan fingerprint density at radius 3 is 1.53 bits per heavy atom. The van der Waals surface area contributed by atoms with E-state index in [1.807, 2.05) is 146 Å². The molecule has 0 saturated carbocycles. The Morgan fingerprint density at radius 2 is 0.882 bits per heavy atom. The van der Waals surface area contributed by atoms with Crippen LogP contribution >= 0.6 is 0 Å². The van der Waals surface area contributed by atoms with Crippen LogP contribution in [0.15, 0.2) is 206 Å². The summed E-state index contributed by atoms with van der Waals surface area (Å²) in [5.74, 6) is 1.63. The van der Waals surface area contributed by atoms with Gasteiger partial charge in [0.05, 0.1) is 63.3 Å². The van der Waals surface area contributed by atoms with Crippen molar-refractivity contribution >= 4 is 49.3 Å². The van der Waals surface area contributed by atoms with Crippen LogP contribution in [-0.2, 0) is 0 Å². The Kier molecular flexibility index (Phi) is 9.47. The van der Waals surface area contributed by atoms with Gasteiger partial charge in [0, 0.05) is 44.0 Å². The van der Waals surface area contributed by atoms with E-state index in [9.17, 15) is 10.5 Å². The maximum atomic E-state index is 10.0. The Balaban J connectivity index is 1.20. The lowest BCUT2D eigenvalue weighted by Crippen LogP contribution is -2.04. The van der Waals surface area contributed by atoms with Crippen LogP contribution in [0.2, 0.25) is 0 Å². The van der Waals surface area contributed by atoms with Gasteiger partial charge in [0.1, 0.15) is 0 Å². The molecule has 0 radical (unpaired) electrons. The SMILES string of the molecule is [C-]#[N+]c1ccc2c(c1)c1ccccc1n2-c1cc(-c2cccc(C#N)c2)ccc1-c1cc(-c2nc(-c3ccccc3)nc(-c3ccccc3)n2)ccc1-n1c2ccccc2c2cc(C#N)ccc21. The molecule has 0 amide bonds. The molecule has 0 unspecified atom stereocenters. The monoisotopic (exact) mass is 866 g/mol. The minimum atomic E-state index is 0.515. The zero-order valence-corrected chi connectivity index (χ0v) is 36.2. The molecule has 0 fully saturated rings. The number of hydrogen-bond acceptors (Lipinski definition) is 5. The summed E-state index contributed by atoms with van der Waals surface area (Å²) in [4.78, 5) is 19.2. The number of rotatable bonds is 7. The molecule has 68 heavy (non-hydrogen) atoms. The van der Waals surface area contributed by atoms with Crippen LogP contribution in [0, 0.1) is 29.2 Å². The van der Waals surface area contributed by atoms with E-state index in [1.165, 1.54) is 0 Å². The first-order valence-electron chi connectivity index (χ1n) is 22.1. The molecule has 0 N–H and O–H groups in total. The van der Waals surface area contributed by atoms with E-state index in [1.54, 1.807) is 0 Å². The number of benzene rings is 9. The van der Waals surface area contributed by atoms with E-state index in [2.05, 4.69) is 86.8 Å². The van der Waals surface area contributed by atoms with Gasteiger partial charge in [0.15, 0.2) is 23.2 Å². The molecule has 0 aliphatic rings. The second kappa shape index (κ2) is 16.2. The zero-order valence-electron chi connectivity index (χ0n) is 36.2. The zero-order chi connectivity index (χ0) is 45.7. The maximum Gasteiger partial charge on any atom is 0.188 e. The van der Waals surface area contributed by atoms with Crippen molar-refractivity contribution in [3.8, 4) is 79.9 Å². The minimum Gasteiger partial charge on any atom is -0.309 e. The third-order valence-electron chi connectivity index (χ3n) is 12.6. The van der Waals surface area contributed by atoms with Gasteiger partial charge < -0.3 is 9.13 Å². The van der Waals surface area contributed by atoms with Gasteiger partial charge in [-0.15, -0.1) is 0 Å². The van der Waals surface area contributed by atoms with Crippen LogP contribution in [0.5, 0.6) is 0 Å². The van der Waals surface area contributed by atoms with Crippen LogP contribution in [0.1, 0.15) is 11.1 Å². The number of para-hydroxylation sites is 2. The Bertz CT molecular complexity index is 4070. The van der Waals surface area contributed by atoms with Crippen LogP contribution in [0.4, 0.5) is 5.69 Å². The van der Waals surface area contributed by atoms with Gasteiger partial charge in [-0.05, 0) is 95.4 Å². The molecule has 0 aliphatic carbocycles.